The van der Waals surface area contributed by atoms with E-state index in [1.54, 1.807) is 6.07 Å². The third-order valence-electron chi connectivity index (χ3n) is 3.08. The number of rotatable bonds is 11. The molecule has 124 valence electrons. The molecular formula is C20H26O3. The quantitative estimate of drug-likeness (QED) is 0.567. The van der Waals surface area contributed by atoms with Crippen LogP contribution in [0.15, 0.2) is 65.2 Å². The molecule has 0 bridgehead atoms. The standard InChI is InChI=1S/C20H26O3/c1-2-3-4-5-6-7-8-9-10-11-12-13-14-18-15-16-19(23-18)17-20(21)22/h3-4,6-7,9-10,12-13,15-16H,2,5,8,11,14,17H2,1H3,(H,21,22)/b4-3+,7-6-,10-9-,13-12-. The van der Waals surface area contributed by atoms with Crippen molar-refractivity contribution in [1.82, 2.24) is 0 Å². The van der Waals surface area contributed by atoms with Gasteiger partial charge >= 0.3 is 5.97 Å². The summed E-state index contributed by atoms with van der Waals surface area (Å²) in [6.07, 6.45) is 21.7. The lowest BCUT2D eigenvalue weighted by Gasteiger charge is -1.91. The maximum Gasteiger partial charge on any atom is 0.311 e. The minimum absolute atomic E-state index is 0.0613. The second kappa shape index (κ2) is 12.3. The summed E-state index contributed by atoms with van der Waals surface area (Å²) in [6.45, 7) is 2.14. The number of aliphatic carboxylic acids is 1. The molecule has 0 saturated heterocycles. The van der Waals surface area contributed by atoms with E-state index in [0.29, 0.717) is 12.2 Å². The van der Waals surface area contributed by atoms with Gasteiger partial charge in [0.2, 0.25) is 0 Å². The molecule has 1 N–H and O–H groups in total. The lowest BCUT2D eigenvalue weighted by atomic mass is 10.2. The lowest BCUT2D eigenvalue weighted by molar-refractivity contribution is -0.136. The number of allylic oxidation sites excluding steroid dienone is 8. The van der Waals surface area contributed by atoms with Crippen LogP contribution in [0.3, 0.4) is 0 Å². The second-order valence-corrected chi connectivity index (χ2v) is 5.14. The summed E-state index contributed by atoms with van der Waals surface area (Å²) >= 11 is 0. The molecule has 0 radical (unpaired) electrons. The van der Waals surface area contributed by atoms with Crippen LogP contribution in [0.2, 0.25) is 0 Å². The Morgan fingerprint density at radius 2 is 1.43 bits per heavy atom. The van der Waals surface area contributed by atoms with E-state index in [1.807, 2.05) is 12.1 Å². The highest BCUT2D eigenvalue weighted by atomic mass is 16.4. The number of carboxylic acids is 1. The highest BCUT2D eigenvalue weighted by molar-refractivity contribution is 5.69. The van der Waals surface area contributed by atoms with E-state index < -0.39 is 5.97 Å². The van der Waals surface area contributed by atoms with Crippen LogP contribution in [0.4, 0.5) is 0 Å². The van der Waals surface area contributed by atoms with E-state index in [9.17, 15) is 4.79 Å². The SMILES string of the molecule is CC/C=C/C/C=C\C/C=C\C/C=C\Cc1ccc(CC(=O)O)o1. The molecule has 0 fully saturated rings. The molecule has 1 heterocycles. The number of carboxylic acid groups (broad SMARTS) is 1. The predicted octanol–water partition coefficient (Wildman–Crippen LogP) is 5.25. The monoisotopic (exact) mass is 314 g/mol. The summed E-state index contributed by atoms with van der Waals surface area (Å²) in [5.74, 6) is 0.424. The second-order valence-electron chi connectivity index (χ2n) is 5.14. The summed E-state index contributed by atoms with van der Waals surface area (Å²) in [5, 5.41) is 8.68. The van der Waals surface area contributed by atoms with Crippen LogP contribution in [0.25, 0.3) is 0 Å². The number of hydrogen-bond donors (Lipinski definition) is 1. The van der Waals surface area contributed by atoms with Gasteiger partial charge < -0.3 is 9.52 Å². The fourth-order valence-electron chi connectivity index (χ4n) is 1.96. The highest BCUT2D eigenvalue weighted by Crippen LogP contribution is 2.10. The Balaban J connectivity index is 2.14. The van der Waals surface area contributed by atoms with Gasteiger partial charge in [0, 0.05) is 6.42 Å². The molecule has 3 heteroatoms. The third-order valence-corrected chi connectivity index (χ3v) is 3.08. The van der Waals surface area contributed by atoms with Gasteiger partial charge in [-0.2, -0.15) is 0 Å². The minimum Gasteiger partial charge on any atom is -0.481 e. The zero-order chi connectivity index (χ0) is 16.8. The Labute approximate surface area is 138 Å². The van der Waals surface area contributed by atoms with Gasteiger partial charge in [-0.25, -0.2) is 0 Å². The molecular weight excluding hydrogens is 288 g/mol. The molecule has 0 aliphatic carbocycles. The van der Waals surface area contributed by atoms with Crippen molar-refractivity contribution in [2.45, 2.75) is 45.4 Å². The number of furan rings is 1. The summed E-state index contributed by atoms with van der Waals surface area (Å²) in [4.78, 5) is 10.6. The normalized spacial score (nSPS) is 12.4. The topological polar surface area (TPSA) is 50.4 Å². The molecule has 0 aliphatic rings. The van der Waals surface area contributed by atoms with E-state index in [0.717, 1.165) is 31.4 Å². The first kappa shape index (κ1) is 18.8. The predicted molar refractivity (Wildman–Crippen MR) is 94.5 cm³/mol. The summed E-state index contributed by atoms with van der Waals surface area (Å²) in [6, 6.07) is 3.55. The zero-order valence-corrected chi connectivity index (χ0v) is 13.8. The molecule has 0 aromatic carbocycles. The highest BCUT2D eigenvalue weighted by Gasteiger charge is 2.04. The Hall–Kier alpha value is -2.29. The van der Waals surface area contributed by atoms with Crippen LogP contribution in [-0.2, 0) is 17.6 Å². The Kier molecular flexibility index (Phi) is 10.0. The van der Waals surface area contributed by atoms with E-state index in [-0.39, 0.29) is 6.42 Å². The van der Waals surface area contributed by atoms with E-state index >= 15 is 0 Å². The lowest BCUT2D eigenvalue weighted by Crippen LogP contribution is -1.97. The first-order valence-corrected chi connectivity index (χ1v) is 8.11. The van der Waals surface area contributed by atoms with Crippen molar-refractivity contribution in [2.24, 2.45) is 0 Å². The van der Waals surface area contributed by atoms with Crippen LogP contribution >= 0.6 is 0 Å². The average molecular weight is 314 g/mol. The maximum atomic E-state index is 10.6. The van der Waals surface area contributed by atoms with Gasteiger partial charge in [0.25, 0.3) is 0 Å². The minimum atomic E-state index is -0.873. The van der Waals surface area contributed by atoms with Crippen LogP contribution < -0.4 is 0 Å². The van der Waals surface area contributed by atoms with Crippen molar-refractivity contribution >= 4 is 5.97 Å². The molecule has 0 spiro atoms. The van der Waals surface area contributed by atoms with Crippen molar-refractivity contribution in [3.05, 3.63) is 72.3 Å². The van der Waals surface area contributed by atoms with Gasteiger partial charge in [0.05, 0.1) is 0 Å². The third kappa shape index (κ3) is 10.1. The van der Waals surface area contributed by atoms with Gasteiger partial charge in [-0.3, -0.25) is 4.79 Å². The summed E-state index contributed by atoms with van der Waals surface area (Å²) in [7, 11) is 0. The van der Waals surface area contributed by atoms with Crippen molar-refractivity contribution in [1.29, 1.82) is 0 Å². The van der Waals surface area contributed by atoms with Crippen LogP contribution in [-0.4, -0.2) is 11.1 Å². The first-order valence-electron chi connectivity index (χ1n) is 8.11. The molecule has 0 atom stereocenters. The number of hydrogen-bond acceptors (Lipinski definition) is 2. The van der Waals surface area contributed by atoms with Gasteiger partial charge in [-0.05, 0) is 37.8 Å². The fourth-order valence-corrected chi connectivity index (χ4v) is 1.96. The van der Waals surface area contributed by atoms with E-state index in [2.05, 4.69) is 49.5 Å². The van der Waals surface area contributed by atoms with Crippen molar-refractivity contribution < 1.29 is 14.3 Å². The summed E-state index contributed by atoms with van der Waals surface area (Å²) < 4.78 is 5.43. The van der Waals surface area contributed by atoms with Crippen molar-refractivity contribution in [3.8, 4) is 0 Å². The molecule has 0 aliphatic heterocycles. The van der Waals surface area contributed by atoms with Crippen LogP contribution in [0.1, 0.15) is 44.1 Å². The average Bonchev–Trinajstić information content (AvgIpc) is 2.95. The first-order chi connectivity index (χ1) is 11.2. The summed E-state index contributed by atoms with van der Waals surface area (Å²) in [5.41, 5.74) is 0. The van der Waals surface area contributed by atoms with Gasteiger partial charge in [-0.1, -0.05) is 55.5 Å². The fraction of sp³-hybridized carbons (Fsp3) is 0.350. The molecule has 0 amide bonds. The number of carbonyl (C=O) groups is 1. The van der Waals surface area contributed by atoms with Gasteiger partial charge in [0.15, 0.2) is 0 Å². The van der Waals surface area contributed by atoms with Gasteiger partial charge in [-0.15, -0.1) is 0 Å². The molecule has 1 aromatic rings. The van der Waals surface area contributed by atoms with Crippen LogP contribution in [0, 0.1) is 0 Å². The molecule has 23 heavy (non-hydrogen) atoms. The van der Waals surface area contributed by atoms with Crippen LogP contribution in [0.5, 0.6) is 0 Å². The Morgan fingerprint density at radius 1 is 0.913 bits per heavy atom. The molecule has 0 saturated carbocycles. The Morgan fingerprint density at radius 3 is 2.00 bits per heavy atom. The Bertz CT molecular complexity index is 559. The largest absolute Gasteiger partial charge is 0.481 e. The van der Waals surface area contributed by atoms with E-state index in [4.69, 9.17) is 9.52 Å². The smallest absolute Gasteiger partial charge is 0.311 e. The molecule has 1 aromatic heterocycles. The van der Waals surface area contributed by atoms with Crippen molar-refractivity contribution in [3.63, 3.8) is 0 Å². The van der Waals surface area contributed by atoms with Crippen molar-refractivity contribution in [2.75, 3.05) is 0 Å². The molecule has 0 unspecified atom stereocenters. The zero-order valence-electron chi connectivity index (χ0n) is 13.8. The molecule has 1 rings (SSSR count). The van der Waals surface area contributed by atoms with Gasteiger partial charge in [0.1, 0.15) is 17.9 Å². The molecule has 3 nitrogen and oxygen atoms in total. The maximum absolute atomic E-state index is 10.6. The van der Waals surface area contributed by atoms with E-state index in [1.165, 1.54) is 0 Å².